The van der Waals surface area contributed by atoms with E-state index >= 15 is 0 Å². The van der Waals surface area contributed by atoms with Crippen LogP contribution in [0.25, 0.3) is 56.3 Å². The van der Waals surface area contributed by atoms with Crippen LogP contribution in [0.1, 0.15) is 95.7 Å². The normalized spacial score (nSPS) is 19.6. The highest BCUT2D eigenvalue weighted by molar-refractivity contribution is 6.12. The van der Waals surface area contributed by atoms with Crippen molar-refractivity contribution in [2.75, 3.05) is 10.6 Å². The molecule has 3 aliphatic rings. The Balaban J connectivity index is 1.24. The Morgan fingerprint density at radius 1 is 0.586 bits per heavy atom. The van der Waals surface area contributed by atoms with Crippen molar-refractivity contribution in [3.05, 3.63) is 204 Å². The average Bonchev–Trinajstić information content (AvgIpc) is 3.98. The molecule has 4 nitrogen and oxygen atoms in total. The summed E-state index contributed by atoms with van der Waals surface area (Å²) < 4.78 is 4.78. The van der Waals surface area contributed by atoms with Gasteiger partial charge < -0.3 is 19.8 Å². The number of nitrogens with zero attached hydrogens (tertiary/aromatic N) is 2. The minimum atomic E-state index is 0.0403. The van der Waals surface area contributed by atoms with Crippen LogP contribution in [0.4, 0.5) is 11.4 Å². The Morgan fingerprint density at radius 2 is 1.14 bits per heavy atom. The van der Waals surface area contributed by atoms with Gasteiger partial charge in [-0.05, 0) is 108 Å². The number of aromatic nitrogens is 2. The number of allylic oxidation sites excluding steroid dienone is 9. The van der Waals surface area contributed by atoms with Crippen LogP contribution in [0.5, 0.6) is 0 Å². The number of rotatable bonds is 8. The van der Waals surface area contributed by atoms with E-state index in [0.29, 0.717) is 0 Å². The maximum atomic E-state index is 4.27. The summed E-state index contributed by atoms with van der Waals surface area (Å²) in [7, 11) is 0. The van der Waals surface area contributed by atoms with Gasteiger partial charge in [-0.15, -0.1) is 0 Å². The van der Waals surface area contributed by atoms with Gasteiger partial charge in [-0.2, -0.15) is 0 Å². The van der Waals surface area contributed by atoms with E-state index in [9.17, 15) is 0 Å². The number of nitrogens with one attached hydrogen (secondary N) is 2. The molecule has 0 amide bonds. The van der Waals surface area contributed by atoms with Crippen molar-refractivity contribution >= 4 is 67.6 Å². The smallest absolute Gasteiger partial charge is 0.0627 e. The molecule has 1 aliphatic carbocycles. The number of hydrogen-bond donors (Lipinski definition) is 2. The van der Waals surface area contributed by atoms with Crippen LogP contribution in [0.2, 0.25) is 0 Å². The lowest BCUT2D eigenvalue weighted by Gasteiger charge is -2.34. The first-order valence-corrected chi connectivity index (χ1v) is 20.6. The lowest BCUT2D eigenvalue weighted by atomic mass is 9.71. The number of hydrogen-bond acceptors (Lipinski definition) is 2. The summed E-state index contributed by atoms with van der Waals surface area (Å²) >= 11 is 0. The first-order valence-electron chi connectivity index (χ1n) is 20.6. The van der Waals surface area contributed by atoms with Gasteiger partial charge in [0.1, 0.15) is 0 Å². The zero-order chi connectivity index (χ0) is 39.7. The van der Waals surface area contributed by atoms with Gasteiger partial charge in [0, 0.05) is 56.3 Å². The van der Waals surface area contributed by atoms with Crippen molar-refractivity contribution in [2.24, 2.45) is 0 Å². The Bertz CT molecular complexity index is 2990. The van der Waals surface area contributed by atoms with Gasteiger partial charge in [-0.3, -0.25) is 0 Å². The van der Waals surface area contributed by atoms with Crippen LogP contribution in [-0.2, 0) is 0 Å². The molecule has 10 rings (SSSR count). The molecule has 2 aromatic heterocycles. The van der Waals surface area contributed by atoms with Crippen LogP contribution in [-0.4, -0.2) is 9.13 Å². The van der Waals surface area contributed by atoms with Crippen LogP contribution < -0.4 is 10.6 Å². The van der Waals surface area contributed by atoms with Gasteiger partial charge in [0.2, 0.25) is 0 Å². The maximum absolute atomic E-state index is 4.27. The van der Waals surface area contributed by atoms with E-state index in [1.54, 1.807) is 0 Å². The topological polar surface area (TPSA) is 33.9 Å². The van der Waals surface area contributed by atoms with Crippen LogP contribution in [0.3, 0.4) is 0 Å². The van der Waals surface area contributed by atoms with Crippen molar-refractivity contribution in [3.8, 4) is 0 Å². The standard InChI is InChI=1S/C54H48N4/c1-7-19-33(20-8-2)57-47(12-6)35(11-5)41-29-45-43(31-49(41)57)51-37-24-13-14-25-38(37)52-44-32-50-42(36-23-17-18-28-48(36)58(50)34(21-9-3)22-10-4)30-46(44)56-54(52)40-27-16-15-26-39(40)53(51)55-45/h7-9,11-32,51-56H,1,5-6,10H2,2-4H3/b20-8-,21-9-,33-19+,34-22+. The monoisotopic (exact) mass is 752 g/mol. The molecule has 4 heteroatoms. The predicted molar refractivity (Wildman–Crippen MR) is 250 cm³/mol. The van der Waals surface area contributed by atoms with Crippen molar-refractivity contribution in [1.82, 2.24) is 9.13 Å². The van der Waals surface area contributed by atoms with Gasteiger partial charge in [0.15, 0.2) is 0 Å². The van der Waals surface area contributed by atoms with E-state index in [4.69, 9.17) is 0 Å². The molecule has 0 spiro atoms. The van der Waals surface area contributed by atoms with Crippen molar-refractivity contribution < 1.29 is 0 Å². The quantitative estimate of drug-likeness (QED) is 0.152. The van der Waals surface area contributed by atoms with Crippen molar-refractivity contribution in [2.45, 2.75) is 51.1 Å². The third-order valence-electron chi connectivity index (χ3n) is 12.6. The van der Waals surface area contributed by atoms with E-state index < -0.39 is 0 Å². The molecule has 5 aromatic carbocycles. The second-order valence-corrected chi connectivity index (χ2v) is 15.6. The number of benzene rings is 5. The molecule has 4 unspecified atom stereocenters. The highest BCUT2D eigenvalue weighted by atomic mass is 15.0. The van der Waals surface area contributed by atoms with Crippen LogP contribution in [0.15, 0.2) is 159 Å². The highest BCUT2D eigenvalue weighted by Crippen LogP contribution is 2.59. The Kier molecular flexibility index (Phi) is 8.60. The maximum Gasteiger partial charge on any atom is 0.0627 e. The van der Waals surface area contributed by atoms with Gasteiger partial charge >= 0.3 is 0 Å². The molecule has 2 aliphatic heterocycles. The van der Waals surface area contributed by atoms with Gasteiger partial charge in [0.25, 0.3) is 0 Å². The molecule has 0 bridgehead atoms. The van der Waals surface area contributed by atoms with E-state index in [2.05, 4.69) is 194 Å². The average molecular weight is 753 g/mol. The van der Waals surface area contributed by atoms with Crippen molar-refractivity contribution in [1.29, 1.82) is 0 Å². The van der Waals surface area contributed by atoms with Gasteiger partial charge in [0.05, 0.1) is 34.3 Å². The first kappa shape index (κ1) is 35.6. The molecule has 0 fully saturated rings. The molecule has 4 heterocycles. The molecule has 58 heavy (non-hydrogen) atoms. The molecule has 2 N–H and O–H groups in total. The summed E-state index contributed by atoms with van der Waals surface area (Å²) in [4.78, 5) is 0. The SMILES string of the molecule is C=C/C=C(\C=C/C)n1c(C=C)c(C=C)c2cc3c(cc21)C1c2ccccc2C2c4cc5c(cc4NC2c2ccccc2C1N3)c1ccccc1n5C(/C=C\C)=C/CC. The number of fused-ring (bicyclic) bond motifs is 16. The number of anilines is 2. The van der Waals surface area contributed by atoms with E-state index in [1.165, 1.54) is 66.6 Å². The molecule has 0 saturated heterocycles. The van der Waals surface area contributed by atoms with Crippen LogP contribution in [0, 0.1) is 0 Å². The molecule has 7 aromatic rings. The van der Waals surface area contributed by atoms with E-state index in [1.807, 2.05) is 18.2 Å². The Morgan fingerprint density at radius 3 is 1.71 bits per heavy atom. The van der Waals surface area contributed by atoms with E-state index in [0.717, 1.165) is 40.0 Å². The summed E-state index contributed by atoms with van der Waals surface area (Å²) in [6.07, 6.45) is 19.7. The lowest BCUT2D eigenvalue weighted by Crippen LogP contribution is -2.24. The minimum Gasteiger partial charge on any atom is -0.377 e. The van der Waals surface area contributed by atoms with Gasteiger partial charge in [-0.1, -0.05) is 124 Å². The number of para-hydroxylation sites is 1. The molecular formula is C54H48N4. The summed E-state index contributed by atoms with van der Waals surface area (Å²) in [6, 6.07) is 37.0. The molecular weight excluding hydrogens is 705 g/mol. The summed E-state index contributed by atoms with van der Waals surface area (Å²) in [5.74, 6) is 0.166. The third-order valence-corrected chi connectivity index (χ3v) is 12.6. The molecule has 0 saturated carbocycles. The lowest BCUT2D eigenvalue weighted by molar-refractivity contribution is 0.622. The summed E-state index contributed by atoms with van der Waals surface area (Å²) in [5, 5.41) is 11.9. The third kappa shape index (κ3) is 5.07. The first-order chi connectivity index (χ1) is 28.5. The fourth-order valence-corrected chi connectivity index (χ4v) is 10.5. The zero-order valence-electron chi connectivity index (χ0n) is 33.5. The largest absolute Gasteiger partial charge is 0.377 e. The fourth-order valence-electron chi connectivity index (χ4n) is 10.5. The molecule has 284 valence electrons. The summed E-state index contributed by atoms with van der Waals surface area (Å²) in [6.45, 7) is 19.0. The molecule has 4 atom stereocenters. The van der Waals surface area contributed by atoms with Crippen LogP contribution >= 0.6 is 0 Å². The fraction of sp³-hybridized carbons (Fsp3) is 0.148. The summed E-state index contributed by atoms with van der Waals surface area (Å²) in [5.41, 5.74) is 18.3. The second-order valence-electron chi connectivity index (χ2n) is 15.6. The van der Waals surface area contributed by atoms with E-state index in [-0.39, 0.29) is 23.9 Å². The Labute approximate surface area is 341 Å². The molecule has 0 radical (unpaired) electrons. The zero-order valence-corrected chi connectivity index (χ0v) is 33.5. The van der Waals surface area contributed by atoms with Crippen molar-refractivity contribution in [3.63, 3.8) is 0 Å². The highest BCUT2D eigenvalue weighted by Gasteiger charge is 2.45. The Hall–Kier alpha value is -6.78. The second kappa shape index (κ2) is 14.0. The van der Waals surface area contributed by atoms with Gasteiger partial charge in [-0.25, -0.2) is 0 Å². The minimum absolute atomic E-state index is 0.0403. The predicted octanol–water partition coefficient (Wildman–Crippen LogP) is 14.4.